The summed E-state index contributed by atoms with van der Waals surface area (Å²) in [7, 11) is 7.26. The number of methoxy groups -OCH3 is 2. The number of nitrogens with one attached hydrogen (secondary N) is 1. The molecule has 7 heteroatoms. The summed E-state index contributed by atoms with van der Waals surface area (Å²) in [5, 5.41) is 3.50. The van der Waals surface area contributed by atoms with Crippen molar-refractivity contribution in [1.29, 1.82) is 0 Å². The molecule has 0 atom stereocenters. The first kappa shape index (κ1) is 25.8. The van der Waals surface area contributed by atoms with Gasteiger partial charge in [-0.05, 0) is 68.9 Å². The first-order chi connectivity index (χ1) is 13.6. The Bertz CT molecular complexity index is 619. The van der Waals surface area contributed by atoms with Gasteiger partial charge in [0.2, 0.25) is 0 Å². The smallest absolute Gasteiger partial charge is 0.193 e. The van der Waals surface area contributed by atoms with E-state index >= 15 is 0 Å². The van der Waals surface area contributed by atoms with Crippen LogP contribution in [0.3, 0.4) is 0 Å². The summed E-state index contributed by atoms with van der Waals surface area (Å²) in [6.45, 7) is 7.88. The van der Waals surface area contributed by atoms with Gasteiger partial charge >= 0.3 is 0 Å². The van der Waals surface area contributed by atoms with Gasteiger partial charge in [0.25, 0.3) is 0 Å². The fraction of sp³-hybridized carbons (Fsp3) is 0.682. The van der Waals surface area contributed by atoms with Gasteiger partial charge < -0.3 is 24.6 Å². The molecule has 1 N–H and O–H groups in total. The summed E-state index contributed by atoms with van der Waals surface area (Å²) >= 11 is 0. The number of halogens is 1. The molecule has 0 aromatic heterocycles. The highest BCUT2D eigenvalue weighted by Crippen LogP contribution is 2.27. The summed E-state index contributed by atoms with van der Waals surface area (Å²) in [6, 6.07) is 6.09. The third-order valence-corrected chi connectivity index (χ3v) is 5.57. The van der Waals surface area contributed by atoms with Crippen LogP contribution in [-0.4, -0.2) is 76.8 Å². The van der Waals surface area contributed by atoms with Crippen molar-refractivity contribution >= 4 is 29.9 Å². The zero-order valence-electron chi connectivity index (χ0n) is 18.7. The van der Waals surface area contributed by atoms with Gasteiger partial charge in [-0.25, -0.2) is 0 Å². The van der Waals surface area contributed by atoms with Crippen LogP contribution >= 0.6 is 24.0 Å². The maximum absolute atomic E-state index is 5.39. The molecule has 1 saturated heterocycles. The molecular formula is C22H39IN4O2. The van der Waals surface area contributed by atoms with E-state index < -0.39 is 0 Å². The predicted octanol–water partition coefficient (Wildman–Crippen LogP) is 3.49. The van der Waals surface area contributed by atoms with Gasteiger partial charge in [-0.1, -0.05) is 13.0 Å². The normalized spacial score (nSPS) is 15.6. The molecular weight excluding hydrogens is 479 g/mol. The number of nitrogens with zero attached hydrogens (tertiary/aromatic N) is 3. The molecule has 1 aliphatic rings. The lowest BCUT2D eigenvalue weighted by molar-refractivity contribution is 0.191. The van der Waals surface area contributed by atoms with Crippen LogP contribution in [0.1, 0.15) is 31.7 Å². The highest BCUT2D eigenvalue weighted by Gasteiger charge is 2.15. The van der Waals surface area contributed by atoms with Crippen molar-refractivity contribution in [2.45, 2.75) is 32.6 Å². The van der Waals surface area contributed by atoms with Crippen molar-refractivity contribution in [3.05, 3.63) is 23.8 Å². The third-order valence-electron chi connectivity index (χ3n) is 5.57. The van der Waals surface area contributed by atoms with Crippen LogP contribution in [0, 0.1) is 5.92 Å². The molecule has 0 radical (unpaired) electrons. The Labute approximate surface area is 194 Å². The highest BCUT2D eigenvalue weighted by molar-refractivity contribution is 14.0. The van der Waals surface area contributed by atoms with E-state index in [4.69, 9.17) is 9.47 Å². The zero-order valence-corrected chi connectivity index (χ0v) is 21.1. The van der Waals surface area contributed by atoms with Crippen LogP contribution in [0.5, 0.6) is 11.5 Å². The number of aliphatic imine (C=N–C) groups is 1. The quantitative estimate of drug-likeness (QED) is 0.235. The Morgan fingerprint density at radius 3 is 2.52 bits per heavy atom. The number of likely N-dealkylation sites (tertiary alicyclic amines) is 1. The molecule has 166 valence electrons. The number of ether oxygens (including phenoxy) is 2. The zero-order chi connectivity index (χ0) is 20.4. The average molecular weight is 518 g/mol. The molecule has 0 aliphatic carbocycles. The van der Waals surface area contributed by atoms with E-state index in [-0.39, 0.29) is 24.0 Å². The fourth-order valence-corrected chi connectivity index (χ4v) is 3.61. The Morgan fingerprint density at radius 2 is 1.90 bits per heavy atom. The molecule has 6 nitrogen and oxygen atoms in total. The lowest BCUT2D eigenvalue weighted by atomic mass is 9.99. The number of hydrogen-bond acceptors (Lipinski definition) is 4. The Morgan fingerprint density at radius 1 is 1.21 bits per heavy atom. The Hall–Kier alpha value is -1.22. The molecule has 29 heavy (non-hydrogen) atoms. The number of benzene rings is 1. The summed E-state index contributed by atoms with van der Waals surface area (Å²) in [5.41, 5.74) is 1.22. The largest absolute Gasteiger partial charge is 0.493 e. The first-order valence-corrected chi connectivity index (χ1v) is 10.4. The van der Waals surface area contributed by atoms with Crippen molar-refractivity contribution in [3.63, 3.8) is 0 Å². The van der Waals surface area contributed by atoms with Gasteiger partial charge in [0.05, 0.1) is 14.2 Å². The molecule has 0 bridgehead atoms. The monoisotopic (exact) mass is 518 g/mol. The molecule has 0 saturated carbocycles. The molecule has 0 unspecified atom stereocenters. The van der Waals surface area contributed by atoms with Crippen LogP contribution < -0.4 is 14.8 Å². The minimum absolute atomic E-state index is 0. The summed E-state index contributed by atoms with van der Waals surface area (Å²) in [5.74, 6) is 3.39. The molecule has 0 amide bonds. The van der Waals surface area contributed by atoms with Gasteiger partial charge in [-0.3, -0.25) is 4.99 Å². The molecule has 2 rings (SSSR count). The lowest BCUT2D eigenvalue weighted by Gasteiger charge is -2.30. The van der Waals surface area contributed by atoms with E-state index in [0.29, 0.717) is 0 Å². The highest BCUT2D eigenvalue weighted by atomic mass is 127. The number of rotatable bonds is 9. The van der Waals surface area contributed by atoms with Crippen molar-refractivity contribution < 1.29 is 9.47 Å². The maximum atomic E-state index is 5.39. The Kier molecular flexibility index (Phi) is 12.4. The number of hydrogen-bond donors (Lipinski definition) is 1. The average Bonchev–Trinajstić information content (AvgIpc) is 2.73. The first-order valence-electron chi connectivity index (χ1n) is 10.4. The second-order valence-electron chi connectivity index (χ2n) is 7.71. The van der Waals surface area contributed by atoms with Crippen LogP contribution in [0.15, 0.2) is 23.2 Å². The van der Waals surface area contributed by atoms with Crippen molar-refractivity contribution in [1.82, 2.24) is 15.1 Å². The van der Waals surface area contributed by atoms with Crippen LogP contribution in [0.4, 0.5) is 0 Å². The van der Waals surface area contributed by atoms with E-state index in [1.807, 2.05) is 19.2 Å². The van der Waals surface area contributed by atoms with Crippen molar-refractivity contribution in [3.8, 4) is 11.5 Å². The SMILES string of the molecule is CN=C(NCCCN1CCC(C)CC1)N(C)CCc1ccc(OC)c(OC)c1.I. The van der Waals surface area contributed by atoms with Crippen LogP contribution in [0.25, 0.3) is 0 Å². The fourth-order valence-electron chi connectivity index (χ4n) is 3.61. The second-order valence-corrected chi connectivity index (χ2v) is 7.71. The van der Waals surface area contributed by atoms with Crippen LogP contribution in [-0.2, 0) is 6.42 Å². The van der Waals surface area contributed by atoms with Gasteiger partial charge in [0.1, 0.15) is 0 Å². The van der Waals surface area contributed by atoms with Gasteiger partial charge in [-0.2, -0.15) is 0 Å². The van der Waals surface area contributed by atoms with Gasteiger partial charge in [0.15, 0.2) is 17.5 Å². The molecule has 1 aliphatic heterocycles. The van der Waals surface area contributed by atoms with Crippen molar-refractivity contribution in [2.75, 3.05) is 61.0 Å². The van der Waals surface area contributed by atoms with Crippen LogP contribution in [0.2, 0.25) is 0 Å². The van der Waals surface area contributed by atoms with E-state index in [1.165, 1.54) is 38.0 Å². The summed E-state index contributed by atoms with van der Waals surface area (Å²) in [4.78, 5) is 9.20. The van der Waals surface area contributed by atoms with Gasteiger partial charge in [0, 0.05) is 27.2 Å². The van der Waals surface area contributed by atoms with E-state index in [2.05, 4.69) is 40.1 Å². The molecule has 1 aromatic carbocycles. The minimum Gasteiger partial charge on any atom is -0.493 e. The van der Waals surface area contributed by atoms with E-state index in [0.717, 1.165) is 49.3 Å². The maximum Gasteiger partial charge on any atom is 0.193 e. The number of likely N-dealkylation sites (N-methyl/N-ethyl adjacent to an activating group) is 1. The molecule has 1 fully saturated rings. The second kappa shape index (κ2) is 13.9. The molecule has 0 spiro atoms. The summed E-state index contributed by atoms with van der Waals surface area (Å²) in [6.07, 6.45) is 4.75. The topological polar surface area (TPSA) is 49.3 Å². The molecule has 1 heterocycles. The predicted molar refractivity (Wildman–Crippen MR) is 132 cm³/mol. The number of guanidine groups is 1. The van der Waals surface area contributed by atoms with E-state index in [1.54, 1.807) is 14.2 Å². The third kappa shape index (κ3) is 8.58. The standard InChI is InChI=1S/C22H38N4O2.HI/c1-18-9-15-26(16-10-18)13-6-12-24-22(23-2)25(3)14-11-19-7-8-20(27-4)21(17-19)28-5;/h7-8,17-18H,6,9-16H2,1-5H3,(H,23,24);1H. The lowest BCUT2D eigenvalue weighted by Crippen LogP contribution is -2.41. The Balaban J connectivity index is 0.00000420. The van der Waals surface area contributed by atoms with Gasteiger partial charge in [-0.15, -0.1) is 24.0 Å². The number of piperidine rings is 1. The summed E-state index contributed by atoms with van der Waals surface area (Å²) < 4.78 is 10.7. The van der Waals surface area contributed by atoms with Crippen molar-refractivity contribution in [2.24, 2.45) is 10.9 Å². The minimum atomic E-state index is 0. The van der Waals surface area contributed by atoms with E-state index in [9.17, 15) is 0 Å². The molecule has 1 aromatic rings.